The zero-order valence-corrected chi connectivity index (χ0v) is 17.3. The van der Waals surface area contributed by atoms with Crippen LogP contribution in [0.5, 0.6) is 0 Å². The fraction of sp³-hybridized carbons (Fsp3) is 0.348. The highest BCUT2D eigenvalue weighted by Crippen LogP contribution is 2.19. The fourth-order valence-corrected chi connectivity index (χ4v) is 3.80. The van der Waals surface area contributed by atoms with Gasteiger partial charge in [-0.15, -0.1) is 0 Å². The second-order valence-corrected chi connectivity index (χ2v) is 7.74. The third-order valence-electron chi connectivity index (χ3n) is 5.38. The number of carbonyl (C=O) groups is 1. The number of H-pyrrole nitrogens is 1. The first-order valence-electron chi connectivity index (χ1n) is 10.5. The summed E-state index contributed by atoms with van der Waals surface area (Å²) >= 11 is 0. The molecular formula is C23H28N6O. The van der Waals surface area contributed by atoms with Crippen LogP contribution in [0.15, 0.2) is 48.5 Å². The van der Waals surface area contributed by atoms with Gasteiger partial charge in [-0.3, -0.25) is 10.00 Å². The number of anilines is 1. The standard InChI is InChI=1S/C23H28N6O/c1-17-25-22(28-27-17)18-10-7-11-21(14-18)26-23(30)24-15-19-8-3-4-9-20(19)16-29-12-5-2-6-13-29/h3-4,7-11,14H,2,5-6,12-13,15-16H2,1H3,(H2,24,26,30)(H,25,27,28). The summed E-state index contributed by atoms with van der Waals surface area (Å²) in [6, 6.07) is 15.6. The molecule has 0 unspecified atom stereocenters. The molecular weight excluding hydrogens is 376 g/mol. The molecule has 0 atom stereocenters. The molecule has 156 valence electrons. The minimum atomic E-state index is -0.230. The van der Waals surface area contributed by atoms with E-state index < -0.39 is 0 Å². The van der Waals surface area contributed by atoms with Gasteiger partial charge in [0, 0.05) is 24.3 Å². The van der Waals surface area contributed by atoms with Gasteiger partial charge in [-0.05, 0) is 56.1 Å². The minimum Gasteiger partial charge on any atom is -0.334 e. The Kier molecular flexibility index (Phi) is 6.39. The molecule has 3 N–H and O–H groups in total. The van der Waals surface area contributed by atoms with Gasteiger partial charge in [0.05, 0.1) is 0 Å². The van der Waals surface area contributed by atoms with Crippen molar-refractivity contribution in [1.29, 1.82) is 0 Å². The molecule has 2 amide bonds. The molecule has 0 saturated carbocycles. The average Bonchev–Trinajstić information content (AvgIpc) is 3.20. The maximum Gasteiger partial charge on any atom is 0.319 e. The number of hydrogen-bond acceptors (Lipinski definition) is 4. The lowest BCUT2D eigenvalue weighted by molar-refractivity contribution is 0.220. The van der Waals surface area contributed by atoms with Crippen molar-refractivity contribution < 1.29 is 4.79 Å². The lowest BCUT2D eigenvalue weighted by Gasteiger charge is -2.27. The van der Waals surface area contributed by atoms with Gasteiger partial charge in [0.2, 0.25) is 0 Å². The number of nitrogens with zero attached hydrogens (tertiary/aromatic N) is 3. The van der Waals surface area contributed by atoms with Crippen LogP contribution in [0.4, 0.5) is 10.5 Å². The molecule has 1 aromatic heterocycles. The Balaban J connectivity index is 1.35. The number of aryl methyl sites for hydroxylation is 1. The van der Waals surface area contributed by atoms with Gasteiger partial charge < -0.3 is 10.6 Å². The molecule has 7 nitrogen and oxygen atoms in total. The number of aromatic amines is 1. The monoisotopic (exact) mass is 404 g/mol. The summed E-state index contributed by atoms with van der Waals surface area (Å²) in [5.74, 6) is 1.37. The molecule has 0 bridgehead atoms. The van der Waals surface area contributed by atoms with E-state index in [4.69, 9.17) is 0 Å². The van der Waals surface area contributed by atoms with Crippen molar-refractivity contribution in [2.24, 2.45) is 0 Å². The summed E-state index contributed by atoms with van der Waals surface area (Å²) in [5, 5.41) is 12.9. The van der Waals surface area contributed by atoms with Crippen LogP contribution in [0.2, 0.25) is 0 Å². The number of hydrogen-bond donors (Lipinski definition) is 3. The molecule has 0 radical (unpaired) electrons. The van der Waals surface area contributed by atoms with E-state index in [1.54, 1.807) is 0 Å². The van der Waals surface area contributed by atoms with Crippen LogP contribution in [0.1, 0.15) is 36.2 Å². The normalized spacial score (nSPS) is 14.4. The molecule has 2 aromatic carbocycles. The van der Waals surface area contributed by atoms with E-state index in [1.165, 1.54) is 24.8 Å². The minimum absolute atomic E-state index is 0.230. The van der Waals surface area contributed by atoms with E-state index in [-0.39, 0.29) is 6.03 Å². The number of aromatic nitrogens is 3. The summed E-state index contributed by atoms with van der Waals surface area (Å²) in [6.45, 7) is 5.61. The maximum atomic E-state index is 12.5. The number of urea groups is 1. The van der Waals surface area contributed by atoms with Gasteiger partial charge >= 0.3 is 6.03 Å². The fourth-order valence-electron chi connectivity index (χ4n) is 3.80. The number of piperidine rings is 1. The number of amides is 2. The predicted octanol–water partition coefficient (Wildman–Crippen LogP) is 4.09. The highest BCUT2D eigenvalue weighted by atomic mass is 16.2. The highest BCUT2D eigenvalue weighted by molar-refractivity contribution is 5.89. The lowest BCUT2D eigenvalue weighted by Crippen LogP contribution is -2.31. The summed E-state index contributed by atoms with van der Waals surface area (Å²) in [7, 11) is 0. The van der Waals surface area contributed by atoms with Crippen LogP contribution < -0.4 is 10.6 Å². The largest absolute Gasteiger partial charge is 0.334 e. The van der Waals surface area contributed by atoms with Crippen LogP contribution in [-0.4, -0.2) is 39.2 Å². The number of likely N-dealkylation sites (tertiary alicyclic amines) is 1. The van der Waals surface area contributed by atoms with Gasteiger partial charge in [0.15, 0.2) is 5.82 Å². The van der Waals surface area contributed by atoms with Crippen molar-refractivity contribution in [2.75, 3.05) is 18.4 Å². The van der Waals surface area contributed by atoms with Gasteiger partial charge in [0.25, 0.3) is 0 Å². The maximum absolute atomic E-state index is 12.5. The van der Waals surface area contributed by atoms with E-state index in [2.05, 4.69) is 48.9 Å². The Labute approximate surface area is 176 Å². The molecule has 2 heterocycles. The van der Waals surface area contributed by atoms with Crippen molar-refractivity contribution in [3.63, 3.8) is 0 Å². The average molecular weight is 405 g/mol. The van der Waals surface area contributed by atoms with E-state index in [9.17, 15) is 4.79 Å². The lowest BCUT2D eigenvalue weighted by atomic mass is 10.0. The third kappa shape index (κ3) is 5.24. The first-order chi connectivity index (χ1) is 14.7. The third-order valence-corrected chi connectivity index (χ3v) is 5.38. The predicted molar refractivity (Wildman–Crippen MR) is 118 cm³/mol. The summed E-state index contributed by atoms with van der Waals surface area (Å²) in [4.78, 5) is 19.3. The molecule has 7 heteroatoms. The Hall–Kier alpha value is -3.19. The van der Waals surface area contributed by atoms with Crippen molar-refractivity contribution in [1.82, 2.24) is 25.4 Å². The molecule has 0 spiro atoms. The molecule has 1 aliphatic heterocycles. The van der Waals surface area contributed by atoms with Gasteiger partial charge in [-0.2, -0.15) is 5.10 Å². The summed E-state index contributed by atoms with van der Waals surface area (Å²) in [6.07, 6.45) is 3.88. The molecule has 0 aliphatic carbocycles. The Morgan fingerprint density at radius 2 is 1.87 bits per heavy atom. The molecule has 1 saturated heterocycles. The molecule has 30 heavy (non-hydrogen) atoms. The zero-order chi connectivity index (χ0) is 20.8. The van der Waals surface area contributed by atoms with Gasteiger partial charge in [-0.1, -0.05) is 42.8 Å². The van der Waals surface area contributed by atoms with Crippen molar-refractivity contribution >= 4 is 11.7 Å². The van der Waals surface area contributed by atoms with E-state index in [1.807, 2.05) is 37.3 Å². The highest BCUT2D eigenvalue weighted by Gasteiger charge is 2.13. The van der Waals surface area contributed by atoms with Gasteiger partial charge in [-0.25, -0.2) is 9.78 Å². The van der Waals surface area contributed by atoms with E-state index in [0.717, 1.165) is 36.6 Å². The summed E-state index contributed by atoms with van der Waals surface area (Å²) < 4.78 is 0. The topological polar surface area (TPSA) is 85.9 Å². The van der Waals surface area contributed by atoms with Crippen LogP contribution >= 0.6 is 0 Å². The van der Waals surface area contributed by atoms with E-state index in [0.29, 0.717) is 18.1 Å². The quantitative estimate of drug-likeness (QED) is 0.578. The van der Waals surface area contributed by atoms with Crippen molar-refractivity contribution in [2.45, 2.75) is 39.3 Å². The second kappa shape index (κ2) is 9.54. The van der Waals surface area contributed by atoms with Crippen LogP contribution in [-0.2, 0) is 13.1 Å². The number of benzene rings is 2. The van der Waals surface area contributed by atoms with Crippen LogP contribution in [0, 0.1) is 6.92 Å². The van der Waals surface area contributed by atoms with Crippen molar-refractivity contribution in [3.8, 4) is 11.4 Å². The number of nitrogens with one attached hydrogen (secondary N) is 3. The van der Waals surface area contributed by atoms with Crippen LogP contribution in [0.25, 0.3) is 11.4 Å². The molecule has 1 aliphatic rings. The molecule has 3 aromatic rings. The smallest absolute Gasteiger partial charge is 0.319 e. The van der Waals surface area contributed by atoms with Gasteiger partial charge in [0.1, 0.15) is 5.82 Å². The summed E-state index contributed by atoms with van der Waals surface area (Å²) in [5.41, 5.74) is 3.99. The molecule has 1 fully saturated rings. The first kappa shape index (κ1) is 20.1. The van der Waals surface area contributed by atoms with Crippen molar-refractivity contribution in [3.05, 3.63) is 65.5 Å². The molecule has 4 rings (SSSR count). The number of rotatable bonds is 6. The zero-order valence-electron chi connectivity index (χ0n) is 17.3. The second-order valence-electron chi connectivity index (χ2n) is 7.74. The first-order valence-corrected chi connectivity index (χ1v) is 10.5. The Morgan fingerprint density at radius 3 is 2.63 bits per heavy atom. The number of carbonyl (C=O) groups excluding carboxylic acids is 1. The van der Waals surface area contributed by atoms with Crippen LogP contribution in [0.3, 0.4) is 0 Å². The van der Waals surface area contributed by atoms with E-state index >= 15 is 0 Å². The Morgan fingerprint density at radius 1 is 1.07 bits per heavy atom. The SMILES string of the molecule is Cc1nc(-c2cccc(NC(=O)NCc3ccccc3CN3CCCCC3)c2)n[nH]1. The Bertz CT molecular complexity index is 993.